The number of likely N-dealkylation sites (tertiary alicyclic amines) is 1. The fraction of sp³-hybridized carbons (Fsp3) is 0.478. The predicted octanol–water partition coefficient (Wildman–Crippen LogP) is 3.54. The van der Waals surface area contributed by atoms with Crippen molar-refractivity contribution in [2.45, 2.75) is 26.3 Å². The number of hydrogen-bond donors (Lipinski definition) is 1. The third-order valence-electron chi connectivity index (χ3n) is 6.06. The molecule has 0 saturated carbocycles. The predicted molar refractivity (Wildman–Crippen MR) is 114 cm³/mol. The van der Waals surface area contributed by atoms with Crippen molar-refractivity contribution in [3.63, 3.8) is 0 Å². The maximum absolute atomic E-state index is 12.7. The average molecular weight is 395 g/mol. The standard InChI is InChI=1S/C23H30N4O2/c1-19-4-6-21(7-5-19)25-22(28)27-11-8-23(9-12-27)17-26(13-14-29-18-23)16-20-3-2-10-24-15-20/h2-7,10,15H,8-9,11-14,16-18H2,1H3,(H,25,28). The second-order valence-corrected chi connectivity index (χ2v) is 8.41. The fourth-order valence-corrected chi connectivity index (χ4v) is 4.29. The number of rotatable bonds is 3. The highest BCUT2D eigenvalue weighted by atomic mass is 16.5. The van der Waals surface area contributed by atoms with Crippen LogP contribution in [0.25, 0.3) is 0 Å². The number of nitrogens with zero attached hydrogens (tertiary/aromatic N) is 3. The first kappa shape index (κ1) is 19.9. The van der Waals surface area contributed by atoms with E-state index in [-0.39, 0.29) is 11.4 Å². The molecule has 6 nitrogen and oxygen atoms in total. The Morgan fingerprint density at radius 2 is 1.97 bits per heavy atom. The Balaban J connectivity index is 1.34. The van der Waals surface area contributed by atoms with Crippen molar-refractivity contribution in [1.29, 1.82) is 0 Å². The van der Waals surface area contributed by atoms with Crippen molar-refractivity contribution in [3.8, 4) is 0 Å². The van der Waals surface area contributed by atoms with Gasteiger partial charge in [0, 0.05) is 56.2 Å². The maximum atomic E-state index is 12.7. The Morgan fingerprint density at radius 3 is 2.69 bits per heavy atom. The van der Waals surface area contributed by atoms with Gasteiger partial charge in [-0.05, 0) is 43.5 Å². The zero-order valence-corrected chi connectivity index (χ0v) is 17.1. The van der Waals surface area contributed by atoms with E-state index in [2.05, 4.69) is 21.3 Å². The van der Waals surface area contributed by atoms with E-state index < -0.39 is 0 Å². The van der Waals surface area contributed by atoms with Crippen LogP contribution < -0.4 is 5.32 Å². The lowest BCUT2D eigenvalue weighted by molar-refractivity contribution is 0.0242. The van der Waals surface area contributed by atoms with Gasteiger partial charge in [0.2, 0.25) is 0 Å². The Kier molecular flexibility index (Phi) is 6.11. The molecular formula is C23H30N4O2. The van der Waals surface area contributed by atoms with Crippen LogP contribution in [0.15, 0.2) is 48.8 Å². The number of anilines is 1. The van der Waals surface area contributed by atoms with Crippen LogP contribution in [0.5, 0.6) is 0 Å². The summed E-state index contributed by atoms with van der Waals surface area (Å²) in [5, 5.41) is 3.02. The molecule has 1 aromatic carbocycles. The van der Waals surface area contributed by atoms with Crippen molar-refractivity contribution in [2.24, 2.45) is 5.41 Å². The summed E-state index contributed by atoms with van der Waals surface area (Å²) in [4.78, 5) is 21.3. The quantitative estimate of drug-likeness (QED) is 0.865. The van der Waals surface area contributed by atoms with E-state index in [9.17, 15) is 4.79 Å². The van der Waals surface area contributed by atoms with Crippen LogP contribution in [0.3, 0.4) is 0 Å². The largest absolute Gasteiger partial charge is 0.379 e. The van der Waals surface area contributed by atoms with Crippen molar-refractivity contribution in [2.75, 3.05) is 44.7 Å². The van der Waals surface area contributed by atoms with Crippen LogP contribution in [-0.4, -0.2) is 60.2 Å². The van der Waals surface area contributed by atoms with Crippen LogP contribution in [0, 0.1) is 12.3 Å². The Morgan fingerprint density at radius 1 is 1.17 bits per heavy atom. The third-order valence-corrected chi connectivity index (χ3v) is 6.06. The third kappa shape index (κ3) is 5.14. The number of carbonyl (C=O) groups is 1. The molecule has 4 rings (SSSR count). The minimum Gasteiger partial charge on any atom is -0.379 e. The van der Waals surface area contributed by atoms with E-state index in [0.29, 0.717) is 0 Å². The van der Waals surface area contributed by atoms with Gasteiger partial charge in [0.15, 0.2) is 0 Å². The number of hydrogen-bond acceptors (Lipinski definition) is 4. The Labute approximate surface area is 172 Å². The van der Waals surface area contributed by atoms with Crippen LogP contribution >= 0.6 is 0 Å². The lowest BCUT2D eigenvalue weighted by atomic mass is 9.78. The molecule has 2 aliphatic rings. The van der Waals surface area contributed by atoms with Crippen molar-refractivity contribution in [3.05, 3.63) is 59.9 Å². The van der Waals surface area contributed by atoms with Gasteiger partial charge in [-0.15, -0.1) is 0 Å². The molecule has 2 fully saturated rings. The molecule has 29 heavy (non-hydrogen) atoms. The highest BCUT2D eigenvalue weighted by Crippen LogP contribution is 2.35. The zero-order valence-electron chi connectivity index (χ0n) is 17.1. The number of benzene rings is 1. The number of ether oxygens (including phenoxy) is 1. The van der Waals surface area contributed by atoms with E-state index in [4.69, 9.17) is 4.74 Å². The number of carbonyl (C=O) groups excluding carboxylic acids is 1. The SMILES string of the molecule is Cc1ccc(NC(=O)N2CCC3(CC2)COCCN(Cc2cccnc2)C3)cc1. The van der Waals surface area contributed by atoms with Gasteiger partial charge in [-0.3, -0.25) is 9.88 Å². The second kappa shape index (κ2) is 8.93. The summed E-state index contributed by atoms with van der Waals surface area (Å²) in [6.07, 6.45) is 5.69. The van der Waals surface area contributed by atoms with Gasteiger partial charge >= 0.3 is 6.03 Å². The first-order chi connectivity index (χ1) is 14.1. The molecule has 2 saturated heterocycles. The molecule has 2 aliphatic heterocycles. The summed E-state index contributed by atoms with van der Waals surface area (Å²) in [5.74, 6) is 0. The molecule has 0 radical (unpaired) electrons. The van der Waals surface area contributed by atoms with Crippen molar-refractivity contribution < 1.29 is 9.53 Å². The molecule has 1 aromatic heterocycles. The van der Waals surface area contributed by atoms with Gasteiger partial charge < -0.3 is 15.0 Å². The fourth-order valence-electron chi connectivity index (χ4n) is 4.29. The Bertz CT molecular complexity index is 801. The van der Waals surface area contributed by atoms with Gasteiger partial charge in [0.25, 0.3) is 0 Å². The average Bonchev–Trinajstić information content (AvgIpc) is 2.93. The minimum absolute atomic E-state index is 0.00883. The van der Waals surface area contributed by atoms with Gasteiger partial charge in [-0.1, -0.05) is 23.8 Å². The molecule has 1 spiro atoms. The van der Waals surface area contributed by atoms with Crippen molar-refractivity contribution in [1.82, 2.24) is 14.8 Å². The highest BCUT2D eigenvalue weighted by Gasteiger charge is 2.39. The van der Waals surface area contributed by atoms with Crippen LogP contribution in [0.2, 0.25) is 0 Å². The molecule has 0 bridgehead atoms. The number of piperidine rings is 1. The van der Waals surface area contributed by atoms with Gasteiger partial charge in [-0.2, -0.15) is 0 Å². The molecule has 0 atom stereocenters. The number of amides is 2. The summed E-state index contributed by atoms with van der Waals surface area (Å²) >= 11 is 0. The van der Waals surface area contributed by atoms with Crippen molar-refractivity contribution >= 4 is 11.7 Å². The molecule has 6 heteroatoms. The lowest BCUT2D eigenvalue weighted by Gasteiger charge is -2.42. The summed E-state index contributed by atoms with van der Waals surface area (Å²) in [5.41, 5.74) is 3.40. The Hall–Kier alpha value is -2.44. The molecule has 1 N–H and O–H groups in total. The smallest absolute Gasteiger partial charge is 0.321 e. The van der Waals surface area contributed by atoms with Gasteiger partial charge in [-0.25, -0.2) is 4.79 Å². The minimum atomic E-state index is -0.00883. The summed E-state index contributed by atoms with van der Waals surface area (Å²) < 4.78 is 5.98. The lowest BCUT2D eigenvalue weighted by Crippen LogP contribution is -2.49. The number of aryl methyl sites for hydroxylation is 1. The van der Waals surface area contributed by atoms with Crippen LogP contribution in [0.1, 0.15) is 24.0 Å². The highest BCUT2D eigenvalue weighted by molar-refractivity contribution is 5.89. The van der Waals surface area contributed by atoms with Crippen LogP contribution in [0.4, 0.5) is 10.5 Å². The summed E-state index contributed by atoms with van der Waals surface area (Å²) in [6.45, 7) is 7.97. The van der Waals surface area contributed by atoms with Gasteiger partial charge in [0.1, 0.15) is 0 Å². The molecule has 3 heterocycles. The molecule has 0 aliphatic carbocycles. The first-order valence-corrected chi connectivity index (χ1v) is 10.4. The number of nitrogens with one attached hydrogen (secondary N) is 1. The van der Waals surface area contributed by atoms with E-state index >= 15 is 0 Å². The second-order valence-electron chi connectivity index (χ2n) is 8.41. The summed E-state index contributed by atoms with van der Waals surface area (Å²) in [6, 6.07) is 12.0. The molecule has 2 amide bonds. The number of aromatic nitrogens is 1. The first-order valence-electron chi connectivity index (χ1n) is 10.4. The molecule has 2 aromatic rings. The number of urea groups is 1. The molecule has 154 valence electrons. The van der Waals surface area contributed by atoms with Gasteiger partial charge in [0.05, 0.1) is 13.2 Å². The van der Waals surface area contributed by atoms with E-state index in [1.54, 1.807) is 0 Å². The zero-order chi connectivity index (χ0) is 20.1. The van der Waals surface area contributed by atoms with Crippen LogP contribution in [-0.2, 0) is 11.3 Å². The normalized spacial score (nSPS) is 19.7. The molecule has 0 unspecified atom stereocenters. The number of pyridine rings is 1. The van der Waals surface area contributed by atoms with E-state index in [1.807, 2.05) is 54.5 Å². The maximum Gasteiger partial charge on any atom is 0.321 e. The topological polar surface area (TPSA) is 57.7 Å². The van der Waals surface area contributed by atoms with E-state index in [0.717, 1.165) is 64.5 Å². The molecular weight excluding hydrogens is 364 g/mol. The van der Waals surface area contributed by atoms with E-state index in [1.165, 1.54) is 11.1 Å². The summed E-state index contributed by atoms with van der Waals surface area (Å²) in [7, 11) is 0. The monoisotopic (exact) mass is 394 g/mol.